The van der Waals surface area contributed by atoms with E-state index in [4.69, 9.17) is 0 Å². The number of nitrogens with one attached hydrogen (secondary N) is 1. The third kappa shape index (κ3) is 2.72. The van der Waals surface area contributed by atoms with Gasteiger partial charge in [0.25, 0.3) is 5.91 Å². The minimum absolute atomic E-state index is 0.0559. The zero-order valence-electron chi connectivity index (χ0n) is 11.6. The van der Waals surface area contributed by atoms with Crippen molar-refractivity contribution in [2.75, 3.05) is 7.05 Å². The van der Waals surface area contributed by atoms with Crippen LogP contribution < -0.4 is 0 Å². The number of carbonyl (C=O) groups excluding carboxylic acids is 1. The highest BCUT2D eigenvalue weighted by atomic mass is 16.3. The molecule has 0 fully saturated rings. The highest BCUT2D eigenvalue weighted by Gasteiger charge is 2.13. The molecule has 21 heavy (non-hydrogen) atoms. The molecule has 0 radical (unpaired) electrons. The maximum absolute atomic E-state index is 12.4. The zero-order valence-corrected chi connectivity index (χ0v) is 11.6. The van der Waals surface area contributed by atoms with Crippen LogP contribution in [0.2, 0.25) is 0 Å². The van der Waals surface area contributed by atoms with Crippen molar-refractivity contribution < 1.29 is 9.90 Å². The number of amides is 1. The van der Waals surface area contributed by atoms with Gasteiger partial charge in [0.05, 0.1) is 11.7 Å². The van der Waals surface area contributed by atoms with E-state index in [9.17, 15) is 9.90 Å². The topological polar surface area (TPSA) is 69.2 Å². The van der Waals surface area contributed by atoms with Crippen molar-refractivity contribution in [3.05, 3.63) is 59.8 Å². The van der Waals surface area contributed by atoms with E-state index in [1.165, 1.54) is 0 Å². The smallest absolute Gasteiger partial charge is 0.253 e. The second-order valence-electron chi connectivity index (χ2n) is 5.00. The first kappa shape index (κ1) is 13.2. The van der Waals surface area contributed by atoms with Crippen LogP contribution in [-0.4, -0.2) is 33.2 Å². The molecule has 0 saturated carbocycles. The van der Waals surface area contributed by atoms with E-state index in [2.05, 4.69) is 10.2 Å². The summed E-state index contributed by atoms with van der Waals surface area (Å²) in [4.78, 5) is 14.1. The number of rotatable bonds is 3. The van der Waals surface area contributed by atoms with Crippen molar-refractivity contribution in [1.29, 1.82) is 0 Å². The van der Waals surface area contributed by atoms with Gasteiger partial charge in [-0.05, 0) is 29.8 Å². The maximum atomic E-state index is 12.4. The molecule has 5 nitrogen and oxygen atoms in total. The number of H-pyrrole nitrogens is 1. The molecule has 3 rings (SSSR count). The number of phenols is 1. The molecule has 0 saturated heterocycles. The van der Waals surface area contributed by atoms with Gasteiger partial charge in [-0.3, -0.25) is 9.89 Å². The molecular formula is C16H15N3O2. The molecule has 0 bridgehead atoms. The predicted octanol–water partition coefficient (Wildman–Crippen LogP) is 2.54. The third-order valence-electron chi connectivity index (χ3n) is 3.39. The first-order valence-electron chi connectivity index (χ1n) is 6.60. The molecule has 0 atom stereocenters. The average molecular weight is 281 g/mol. The fourth-order valence-electron chi connectivity index (χ4n) is 2.24. The summed E-state index contributed by atoms with van der Waals surface area (Å²) in [6.45, 7) is 0.486. The molecule has 106 valence electrons. The van der Waals surface area contributed by atoms with Crippen LogP contribution in [0.15, 0.2) is 48.7 Å². The molecule has 0 aliphatic rings. The Morgan fingerprint density at radius 3 is 2.76 bits per heavy atom. The minimum atomic E-state index is -0.0559. The lowest BCUT2D eigenvalue weighted by Crippen LogP contribution is -2.26. The van der Waals surface area contributed by atoms with E-state index in [0.29, 0.717) is 12.1 Å². The maximum Gasteiger partial charge on any atom is 0.253 e. The molecule has 1 heterocycles. The average Bonchev–Trinajstić information content (AvgIpc) is 2.96. The van der Waals surface area contributed by atoms with E-state index in [0.717, 1.165) is 16.5 Å². The molecule has 1 amide bonds. The lowest BCUT2D eigenvalue weighted by Gasteiger charge is -2.17. The monoisotopic (exact) mass is 281 g/mol. The summed E-state index contributed by atoms with van der Waals surface area (Å²) in [5, 5.41) is 17.1. The van der Waals surface area contributed by atoms with Gasteiger partial charge in [0.2, 0.25) is 0 Å². The molecule has 0 unspecified atom stereocenters. The van der Waals surface area contributed by atoms with Crippen LogP contribution in [0, 0.1) is 0 Å². The van der Waals surface area contributed by atoms with Crippen LogP contribution >= 0.6 is 0 Å². The summed E-state index contributed by atoms with van der Waals surface area (Å²) in [5.41, 5.74) is 2.43. The quantitative estimate of drug-likeness (QED) is 0.775. The molecule has 2 N–H and O–H groups in total. The van der Waals surface area contributed by atoms with Gasteiger partial charge in [-0.1, -0.05) is 18.2 Å². The third-order valence-corrected chi connectivity index (χ3v) is 3.39. The van der Waals surface area contributed by atoms with Crippen molar-refractivity contribution in [2.24, 2.45) is 0 Å². The number of benzene rings is 2. The highest BCUT2D eigenvalue weighted by molar-refractivity contribution is 5.97. The van der Waals surface area contributed by atoms with Crippen LogP contribution in [0.25, 0.3) is 10.9 Å². The molecular weight excluding hydrogens is 266 g/mol. The van der Waals surface area contributed by atoms with Gasteiger partial charge >= 0.3 is 0 Å². The van der Waals surface area contributed by atoms with Gasteiger partial charge in [-0.15, -0.1) is 0 Å². The standard InChI is InChI=1S/C16H15N3O2/c1-19(10-11-2-6-14(20)7-3-11)16(21)12-4-5-13-9-17-18-15(13)8-12/h2-9,20H,10H2,1H3,(H,17,18). The Hall–Kier alpha value is -2.82. The predicted molar refractivity (Wildman–Crippen MR) is 80.0 cm³/mol. The zero-order chi connectivity index (χ0) is 14.8. The first-order chi connectivity index (χ1) is 10.1. The molecule has 1 aromatic heterocycles. The van der Waals surface area contributed by atoms with Crippen LogP contribution in [0.4, 0.5) is 0 Å². The largest absolute Gasteiger partial charge is 0.508 e. The van der Waals surface area contributed by atoms with Crippen LogP contribution in [0.3, 0.4) is 0 Å². The Kier molecular flexibility index (Phi) is 3.31. The molecule has 0 spiro atoms. The number of aromatic hydroxyl groups is 1. The van der Waals surface area contributed by atoms with Crippen molar-refractivity contribution in [3.63, 3.8) is 0 Å². The molecule has 0 aliphatic carbocycles. The van der Waals surface area contributed by atoms with Crippen molar-refractivity contribution in [3.8, 4) is 5.75 Å². The van der Waals surface area contributed by atoms with E-state index in [1.807, 2.05) is 6.07 Å². The number of aromatic nitrogens is 2. The highest BCUT2D eigenvalue weighted by Crippen LogP contribution is 2.16. The van der Waals surface area contributed by atoms with Gasteiger partial charge in [0, 0.05) is 24.5 Å². The van der Waals surface area contributed by atoms with E-state index in [1.54, 1.807) is 54.5 Å². The number of aromatic amines is 1. The van der Waals surface area contributed by atoms with Gasteiger partial charge in [0.1, 0.15) is 5.75 Å². The van der Waals surface area contributed by atoms with Crippen molar-refractivity contribution in [1.82, 2.24) is 15.1 Å². The number of carbonyl (C=O) groups is 1. The van der Waals surface area contributed by atoms with Gasteiger partial charge in [-0.25, -0.2) is 0 Å². The Labute approximate surface area is 121 Å². The number of phenolic OH excluding ortho intramolecular Hbond substituents is 1. The summed E-state index contributed by atoms with van der Waals surface area (Å²) in [6, 6.07) is 12.3. The van der Waals surface area contributed by atoms with Crippen LogP contribution in [-0.2, 0) is 6.54 Å². The summed E-state index contributed by atoms with van der Waals surface area (Å²) in [5.74, 6) is 0.164. The lowest BCUT2D eigenvalue weighted by atomic mass is 10.1. The first-order valence-corrected chi connectivity index (χ1v) is 6.60. The van der Waals surface area contributed by atoms with E-state index < -0.39 is 0 Å². The molecule has 0 aliphatic heterocycles. The second kappa shape index (κ2) is 5.28. The summed E-state index contributed by atoms with van der Waals surface area (Å²) in [6.07, 6.45) is 1.73. The fraction of sp³-hybridized carbons (Fsp3) is 0.125. The Balaban J connectivity index is 1.78. The van der Waals surface area contributed by atoms with Crippen LogP contribution in [0.5, 0.6) is 5.75 Å². The summed E-state index contributed by atoms with van der Waals surface area (Å²) < 4.78 is 0. The van der Waals surface area contributed by atoms with Gasteiger partial charge in [0.15, 0.2) is 0 Å². The number of hydrogen-bond acceptors (Lipinski definition) is 3. The molecule has 2 aromatic carbocycles. The fourth-order valence-corrected chi connectivity index (χ4v) is 2.24. The van der Waals surface area contributed by atoms with Crippen molar-refractivity contribution in [2.45, 2.75) is 6.54 Å². The number of fused-ring (bicyclic) bond motifs is 1. The van der Waals surface area contributed by atoms with Gasteiger partial charge in [-0.2, -0.15) is 5.10 Å². The number of hydrogen-bond donors (Lipinski definition) is 2. The Morgan fingerprint density at radius 1 is 1.24 bits per heavy atom. The normalized spacial score (nSPS) is 10.7. The SMILES string of the molecule is CN(Cc1ccc(O)cc1)C(=O)c1ccc2cn[nH]c2c1. The van der Waals surface area contributed by atoms with Crippen molar-refractivity contribution >= 4 is 16.8 Å². The minimum Gasteiger partial charge on any atom is -0.508 e. The van der Waals surface area contributed by atoms with E-state index in [-0.39, 0.29) is 11.7 Å². The molecule has 5 heteroatoms. The summed E-state index contributed by atoms with van der Waals surface area (Å²) >= 11 is 0. The number of nitrogens with zero attached hydrogens (tertiary/aromatic N) is 2. The van der Waals surface area contributed by atoms with E-state index >= 15 is 0 Å². The van der Waals surface area contributed by atoms with Gasteiger partial charge < -0.3 is 10.0 Å². The Bertz CT molecular complexity index is 778. The summed E-state index contributed by atoms with van der Waals surface area (Å²) in [7, 11) is 1.76. The molecule has 3 aromatic rings. The second-order valence-corrected chi connectivity index (χ2v) is 5.00. The Morgan fingerprint density at radius 2 is 2.00 bits per heavy atom. The van der Waals surface area contributed by atoms with Crippen LogP contribution in [0.1, 0.15) is 15.9 Å². The lowest BCUT2D eigenvalue weighted by molar-refractivity contribution is 0.0785.